The smallest absolute Gasteiger partial charge is 0.0709 e. The summed E-state index contributed by atoms with van der Waals surface area (Å²) in [4.78, 5) is 3.88. The Morgan fingerprint density at radius 1 is 1.20 bits per heavy atom. The molecule has 1 aliphatic rings. The molecule has 0 spiro atoms. The van der Waals surface area contributed by atoms with Crippen molar-refractivity contribution < 1.29 is 4.90 Å². The standard InChI is InChI=1S/C13H20N2/c1-11-5-4-6-13(12(11)2)15-9-7-14(3)8-10-15/h4-6,14H,3,7-10H2,1-2H3. The molecule has 2 heteroatoms. The number of hydrogen-bond donors (Lipinski definition) is 1. The number of hydrogen-bond acceptors (Lipinski definition) is 1. The third-order valence-electron chi connectivity index (χ3n) is 3.39. The van der Waals surface area contributed by atoms with Crippen LogP contribution in [0.15, 0.2) is 18.2 Å². The Bertz CT molecular complexity index is 338. The van der Waals surface area contributed by atoms with Crippen LogP contribution in [-0.4, -0.2) is 26.2 Å². The largest absolute Gasteiger partial charge is 0.465 e. The maximum Gasteiger partial charge on any atom is 0.0709 e. The lowest BCUT2D eigenvalue weighted by molar-refractivity contribution is -0.854. The summed E-state index contributed by atoms with van der Waals surface area (Å²) in [7, 11) is 4.06. The number of anilines is 1. The van der Waals surface area contributed by atoms with Crippen LogP contribution in [0.3, 0.4) is 0 Å². The number of aryl methyl sites for hydroxylation is 1. The Morgan fingerprint density at radius 3 is 2.53 bits per heavy atom. The van der Waals surface area contributed by atoms with Crippen molar-refractivity contribution in [3.05, 3.63) is 36.4 Å². The van der Waals surface area contributed by atoms with Crippen LogP contribution >= 0.6 is 0 Å². The van der Waals surface area contributed by atoms with Gasteiger partial charge in [0.25, 0.3) is 0 Å². The van der Waals surface area contributed by atoms with E-state index < -0.39 is 0 Å². The molecule has 1 aliphatic heterocycles. The molecule has 2 nitrogen and oxygen atoms in total. The van der Waals surface area contributed by atoms with Gasteiger partial charge in [-0.15, -0.1) is 0 Å². The molecule has 0 unspecified atom stereocenters. The summed E-state index contributed by atoms with van der Waals surface area (Å²) in [6, 6.07) is 6.57. The number of rotatable bonds is 1. The lowest BCUT2D eigenvalue weighted by atomic mass is 10.1. The van der Waals surface area contributed by atoms with E-state index >= 15 is 0 Å². The predicted molar refractivity (Wildman–Crippen MR) is 64.2 cm³/mol. The van der Waals surface area contributed by atoms with Crippen molar-refractivity contribution in [2.24, 2.45) is 0 Å². The summed E-state index contributed by atoms with van der Waals surface area (Å²) in [5, 5.41) is 0. The van der Waals surface area contributed by atoms with Gasteiger partial charge in [0.05, 0.1) is 26.2 Å². The van der Waals surface area contributed by atoms with Gasteiger partial charge >= 0.3 is 0 Å². The quantitative estimate of drug-likeness (QED) is 0.665. The Hall–Kier alpha value is -1.02. The number of quaternary nitrogens is 1. The Kier molecular flexibility index (Phi) is 2.96. The van der Waals surface area contributed by atoms with Crippen LogP contribution in [0, 0.1) is 20.9 Å². The van der Waals surface area contributed by atoms with E-state index in [2.05, 4.69) is 44.0 Å². The number of nitrogens with zero attached hydrogens (tertiary/aromatic N) is 1. The van der Waals surface area contributed by atoms with Gasteiger partial charge in [-0.1, -0.05) is 12.1 Å². The molecular weight excluding hydrogens is 184 g/mol. The topological polar surface area (TPSA) is 7.68 Å². The second kappa shape index (κ2) is 4.23. The Balaban J connectivity index is 2.19. The zero-order chi connectivity index (χ0) is 10.8. The van der Waals surface area contributed by atoms with E-state index in [1.54, 1.807) is 0 Å². The molecule has 0 bridgehead atoms. The highest BCUT2D eigenvalue weighted by atomic mass is 15.2. The highest BCUT2D eigenvalue weighted by Crippen LogP contribution is 2.22. The lowest BCUT2D eigenvalue weighted by Gasteiger charge is -2.36. The van der Waals surface area contributed by atoms with Crippen molar-refractivity contribution in [1.82, 2.24) is 0 Å². The monoisotopic (exact) mass is 204 g/mol. The van der Waals surface area contributed by atoms with Crippen molar-refractivity contribution in [2.45, 2.75) is 13.8 Å². The lowest BCUT2D eigenvalue weighted by Crippen LogP contribution is -3.10. The number of nitrogens with one attached hydrogen (secondary N) is 1. The first-order chi connectivity index (χ1) is 7.18. The molecule has 1 saturated heterocycles. The van der Waals surface area contributed by atoms with Crippen LogP contribution in [0.1, 0.15) is 11.1 Å². The van der Waals surface area contributed by atoms with Gasteiger partial charge < -0.3 is 9.80 Å². The molecule has 0 atom stereocenters. The first-order valence-electron chi connectivity index (χ1n) is 5.66. The molecular formula is C13H20N2. The number of piperazine rings is 1. The van der Waals surface area contributed by atoms with E-state index in [-0.39, 0.29) is 0 Å². The Labute approximate surface area is 92.5 Å². The molecule has 1 aromatic carbocycles. The maximum atomic E-state index is 4.06. The third kappa shape index (κ3) is 2.15. The summed E-state index contributed by atoms with van der Waals surface area (Å²) in [5.74, 6) is 0. The van der Waals surface area contributed by atoms with Crippen LogP contribution < -0.4 is 9.80 Å². The highest BCUT2D eigenvalue weighted by molar-refractivity contribution is 5.56. The van der Waals surface area contributed by atoms with Gasteiger partial charge in [0.1, 0.15) is 0 Å². The molecule has 0 aliphatic carbocycles. The van der Waals surface area contributed by atoms with Crippen molar-refractivity contribution >= 4 is 5.69 Å². The highest BCUT2D eigenvalue weighted by Gasteiger charge is 2.16. The summed E-state index contributed by atoms with van der Waals surface area (Å²) >= 11 is 0. The van der Waals surface area contributed by atoms with Crippen LogP contribution in [0.5, 0.6) is 0 Å². The van der Waals surface area contributed by atoms with Crippen LogP contribution in [0.25, 0.3) is 0 Å². The summed E-state index contributed by atoms with van der Waals surface area (Å²) in [6.45, 7) is 8.95. The normalized spacial score (nSPS) is 18.2. The number of benzene rings is 1. The van der Waals surface area contributed by atoms with Gasteiger partial charge in [-0.3, -0.25) is 0 Å². The molecule has 1 fully saturated rings. The van der Waals surface area contributed by atoms with Gasteiger partial charge in [-0.2, -0.15) is 7.05 Å². The molecule has 0 radical (unpaired) electrons. The molecule has 1 aromatic rings. The van der Waals surface area contributed by atoms with E-state index in [0.29, 0.717) is 0 Å². The molecule has 2 rings (SSSR count). The van der Waals surface area contributed by atoms with Crippen molar-refractivity contribution in [3.8, 4) is 0 Å². The fourth-order valence-electron chi connectivity index (χ4n) is 2.14. The van der Waals surface area contributed by atoms with Crippen molar-refractivity contribution in [2.75, 3.05) is 31.1 Å². The van der Waals surface area contributed by atoms with Crippen LogP contribution in [0.4, 0.5) is 5.69 Å². The molecule has 15 heavy (non-hydrogen) atoms. The summed E-state index contributed by atoms with van der Waals surface area (Å²) in [5.41, 5.74) is 4.21. The SMILES string of the molecule is [CH2-][NH+]1CCN(c2cccc(C)c2C)CC1. The second-order valence-corrected chi connectivity index (χ2v) is 4.46. The van der Waals surface area contributed by atoms with E-state index in [0.717, 1.165) is 26.2 Å². The molecule has 1 heterocycles. The first-order valence-corrected chi connectivity index (χ1v) is 5.66. The molecule has 1 N–H and O–H groups in total. The van der Waals surface area contributed by atoms with Gasteiger partial charge in [-0.25, -0.2) is 0 Å². The van der Waals surface area contributed by atoms with Crippen LogP contribution in [-0.2, 0) is 0 Å². The van der Waals surface area contributed by atoms with Gasteiger partial charge in [-0.05, 0) is 31.0 Å². The zero-order valence-corrected chi connectivity index (χ0v) is 9.71. The second-order valence-electron chi connectivity index (χ2n) is 4.46. The Morgan fingerprint density at radius 2 is 1.87 bits per heavy atom. The predicted octanol–water partition coefficient (Wildman–Crippen LogP) is 0.800. The minimum atomic E-state index is 1.13. The average molecular weight is 204 g/mol. The molecule has 0 aromatic heterocycles. The summed E-state index contributed by atoms with van der Waals surface area (Å²) in [6.07, 6.45) is 0. The zero-order valence-electron chi connectivity index (χ0n) is 9.71. The van der Waals surface area contributed by atoms with Gasteiger partial charge in [0, 0.05) is 5.69 Å². The van der Waals surface area contributed by atoms with Gasteiger partial charge in [0.2, 0.25) is 0 Å². The van der Waals surface area contributed by atoms with E-state index in [4.69, 9.17) is 0 Å². The average Bonchev–Trinajstić information content (AvgIpc) is 2.24. The minimum Gasteiger partial charge on any atom is -0.465 e. The van der Waals surface area contributed by atoms with Crippen LogP contribution in [0.2, 0.25) is 0 Å². The van der Waals surface area contributed by atoms with Crippen molar-refractivity contribution in [3.63, 3.8) is 0 Å². The molecule has 0 saturated carbocycles. The van der Waals surface area contributed by atoms with Crippen molar-refractivity contribution in [1.29, 1.82) is 0 Å². The third-order valence-corrected chi connectivity index (χ3v) is 3.39. The van der Waals surface area contributed by atoms with E-state index in [1.165, 1.54) is 21.7 Å². The van der Waals surface area contributed by atoms with Gasteiger partial charge in [0.15, 0.2) is 0 Å². The maximum absolute atomic E-state index is 4.06. The fraction of sp³-hybridized carbons (Fsp3) is 0.462. The summed E-state index contributed by atoms with van der Waals surface area (Å²) < 4.78 is 0. The molecule has 82 valence electrons. The van der Waals surface area contributed by atoms with E-state index in [9.17, 15) is 0 Å². The first kappa shape index (κ1) is 10.5. The minimum absolute atomic E-state index is 1.13. The van der Waals surface area contributed by atoms with E-state index in [1.807, 2.05) is 0 Å². The fourth-order valence-corrected chi connectivity index (χ4v) is 2.14. The molecule has 0 amide bonds.